The number of hydrogen-bond donors (Lipinski definition) is 2. The second-order valence-electron chi connectivity index (χ2n) is 4.78. The molecule has 0 amide bonds. The third-order valence-electron chi connectivity index (χ3n) is 3.36. The van der Waals surface area contributed by atoms with Gasteiger partial charge in [-0.2, -0.15) is 0 Å². The molecule has 0 saturated carbocycles. The van der Waals surface area contributed by atoms with Crippen LogP contribution in [0.2, 0.25) is 0 Å². The Morgan fingerprint density at radius 1 is 1.12 bits per heavy atom. The zero-order valence-corrected chi connectivity index (χ0v) is 11.2. The maximum atomic E-state index is 5.66. The molecule has 0 aromatic heterocycles. The Balaban J connectivity index is 2.41. The van der Waals surface area contributed by atoms with Crippen LogP contribution in [0.4, 0.5) is 0 Å². The Labute approximate surface area is 106 Å². The van der Waals surface area contributed by atoms with E-state index in [1.165, 1.54) is 43.2 Å². The first-order valence-electron chi connectivity index (χ1n) is 6.81. The Kier molecular flexibility index (Phi) is 6.90. The van der Waals surface area contributed by atoms with Crippen molar-refractivity contribution in [2.24, 2.45) is 5.84 Å². The molecule has 0 aliphatic rings. The number of nitrogens with two attached hydrogens (primary N) is 1. The van der Waals surface area contributed by atoms with Gasteiger partial charge in [-0.3, -0.25) is 11.3 Å². The molecule has 0 radical (unpaired) electrons. The molecule has 3 N–H and O–H groups in total. The Morgan fingerprint density at radius 3 is 2.47 bits per heavy atom. The van der Waals surface area contributed by atoms with E-state index < -0.39 is 0 Å². The zero-order chi connectivity index (χ0) is 12.5. The van der Waals surface area contributed by atoms with E-state index in [9.17, 15) is 0 Å². The van der Waals surface area contributed by atoms with Gasteiger partial charge in [-0.05, 0) is 24.5 Å². The quantitative estimate of drug-likeness (QED) is 0.407. The molecule has 2 heteroatoms. The minimum atomic E-state index is 0.304. The Hall–Kier alpha value is -0.860. The molecule has 1 unspecified atom stereocenters. The number of hydrogen-bond acceptors (Lipinski definition) is 2. The fourth-order valence-corrected chi connectivity index (χ4v) is 2.26. The van der Waals surface area contributed by atoms with Crippen molar-refractivity contribution in [3.05, 3.63) is 35.4 Å². The third kappa shape index (κ3) is 4.88. The number of benzene rings is 1. The van der Waals surface area contributed by atoms with Gasteiger partial charge in [0.05, 0.1) is 0 Å². The first kappa shape index (κ1) is 14.2. The summed E-state index contributed by atoms with van der Waals surface area (Å²) in [5, 5.41) is 0. The fraction of sp³-hybridized carbons (Fsp3) is 0.600. The molecule has 17 heavy (non-hydrogen) atoms. The second kappa shape index (κ2) is 8.26. The van der Waals surface area contributed by atoms with Crippen molar-refractivity contribution >= 4 is 0 Å². The van der Waals surface area contributed by atoms with Gasteiger partial charge in [0.1, 0.15) is 0 Å². The van der Waals surface area contributed by atoms with Crippen molar-refractivity contribution in [3.8, 4) is 0 Å². The van der Waals surface area contributed by atoms with Gasteiger partial charge in [-0.15, -0.1) is 0 Å². The van der Waals surface area contributed by atoms with Crippen molar-refractivity contribution in [3.63, 3.8) is 0 Å². The van der Waals surface area contributed by atoms with Crippen molar-refractivity contribution in [1.29, 1.82) is 0 Å². The summed E-state index contributed by atoms with van der Waals surface area (Å²) < 4.78 is 0. The molecule has 0 heterocycles. The third-order valence-corrected chi connectivity index (χ3v) is 3.36. The van der Waals surface area contributed by atoms with E-state index >= 15 is 0 Å². The molecular weight excluding hydrogens is 208 g/mol. The van der Waals surface area contributed by atoms with Crippen LogP contribution in [0.1, 0.15) is 62.6 Å². The molecule has 0 aliphatic carbocycles. The Bertz CT molecular complexity index is 310. The van der Waals surface area contributed by atoms with Gasteiger partial charge < -0.3 is 0 Å². The molecule has 0 aliphatic heterocycles. The highest BCUT2D eigenvalue weighted by molar-refractivity contribution is 5.28. The van der Waals surface area contributed by atoms with Crippen LogP contribution in [0.3, 0.4) is 0 Å². The summed E-state index contributed by atoms with van der Waals surface area (Å²) in [6.45, 7) is 4.40. The summed E-state index contributed by atoms with van der Waals surface area (Å²) in [7, 11) is 0. The van der Waals surface area contributed by atoms with Crippen molar-refractivity contribution in [2.45, 2.75) is 58.4 Å². The van der Waals surface area contributed by atoms with E-state index in [0.717, 1.165) is 6.42 Å². The van der Waals surface area contributed by atoms with E-state index in [4.69, 9.17) is 5.84 Å². The molecule has 1 rings (SSSR count). The summed E-state index contributed by atoms with van der Waals surface area (Å²) in [6, 6.07) is 8.79. The van der Waals surface area contributed by atoms with Crippen LogP contribution in [0.25, 0.3) is 0 Å². The zero-order valence-electron chi connectivity index (χ0n) is 11.2. The smallest absolute Gasteiger partial charge is 0.0462 e. The van der Waals surface area contributed by atoms with Gasteiger partial charge in [-0.25, -0.2) is 0 Å². The maximum absolute atomic E-state index is 5.66. The first-order valence-corrected chi connectivity index (χ1v) is 6.81. The molecule has 96 valence electrons. The highest BCUT2D eigenvalue weighted by Gasteiger charge is 2.10. The van der Waals surface area contributed by atoms with Crippen LogP contribution in [0.5, 0.6) is 0 Å². The first-order chi connectivity index (χ1) is 8.29. The average molecular weight is 234 g/mol. The summed E-state index contributed by atoms with van der Waals surface area (Å²) >= 11 is 0. The number of nitrogens with one attached hydrogen (secondary N) is 1. The van der Waals surface area contributed by atoms with Crippen LogP contribution in [0, 0.1) is 6.92 Å². The fourth-order valence-electron chi connectivity index (χ4n) is 2.26. The molecule has 1 aromatic rings. The molecule has 0 bridgehead atoms. The van der Waals surface area contributed by atoms with E-state index in [1.807, 2.05) is 0 Å². The molecule has 2 nitrogen and oxygen atoms in total. The lowest BCUT2D eigenvalue weighted by atomic mass is 9.97. The van der Waals surface area contributed by atoms with Crippen LogP contribution in [-0.4, -0.2) is 0 Å². The number of hydrazine groups is 1. The number of rotatable bonds is 8. The lowest BCUT2D eigenvalue weighted by molar-refractivity contribution is 0.477. The largest absolute Gasteiger partial charge is 0.271 e. The summed E-state index contributed by atoms with van der Waals surface area (Å²) in [5.74, 6) is 5.66. The molecule has 1 aromatic carbocycles. The van der Waals surface area contributed by atoms with E-state index in [1.54, 1.807) is 0 Å². The average Bonchev–Trinajstić information content (AvgIpc) is 2.35. The van der Waals surface area contributed by atoms with Gasteiger partial charge >= 0.3 is 0 Å². The predicted molar refractivity (Wildman–Crippen MR) is 74.6 cm³/mol. The minimum Gasteiger partial charge on any atom is -0.271 e. The van der Waals surface area contributed by atoms with Gasteiger partial charge in [0.2, 0.25) is 0 Å². The van der Waals surface area contributed by atoms with Crippen LogP contribution in [0.15, 0.2) is 24.3 Å². The second-order valence-corrected chi connectivity index (χ2v) is 4.78. The predicted octanol–water partition coefficient (Wildman–Crippen LogP) is 3.86. The SMILES string of the molecule is CCCCCCCC(NN)c1ccccc1C. The normalized spacial score (nSPS) is 12.6. The van der Waals surface area contributed by atoms with E-state index in [0.29, 0.717) is 6.04 Å². The molecule has 0 fully saturated rings. The molecular formula is C15H26N2. The topological polar surface area (TPSA) is 38.0 Å². The van der Waals surface area contributed by atoms with Crippen LogP contribution >= 0.6 is 0 Å². The lowest BCUT2D eigenvalue weighted by Gasteiger charge is -2.18. The van der Waals surface area contributed by atoms with E-state index in [-0.39, 0.29) is 0 Å². The maximum Gasteiger partial charge on any atom is 0.0462 e. The standard InChI is InChI=1S/C15H26N2/c1-3-4-5-6-7-12-15(17-16)14-11-9-8-10-13(14)2/h8-11,15,17H,3-7,12,16H2,1-2H3. The van der Waals surface area contributed by atoms with Crippen molar-refractivity contribution in [1.82, 2.24) is 5.43 Å². The highest BCUT2D eigenvalue weighted by Crippen LogP contribution is 2.22. The van der Waals surface area contributed by atoms with Crippen LogP contribution < -0.4 is 11.3 Å². The van der Waals surface area contributed by atoms with E-state index in [2.05, 4.69) is 43.5 Å². The van der Waals surface area contributed by atoms with Gasteiger partial charge in [0.25, 0.3) is 0 Å². The van der Waals surface area contributed by atoms with Gasteiger partial charge in [0.15, 0.2) is 0 Å². The lowest BCUT2D eigenvalue weighted by Crippen LogP contribution is -2.28. The summed E-state index contributed by atoms with van der Waals surface area (Å²) in [4.78, 5) is 0. The van der Waals surface area contributed by atoms with Gasteiger partial charge in [-0.1, -0.05) is 63.3 Å². The van der Waals surface area contributed by atoms with Crippen molar-refractivity contribution in [2.75, 3.05) is 0 Å². The number of aryl methyl sites for hydroxylation is 1. The Morgan fingerprint density at radius 2 is 1.82 bits per heavy atom. The van der Waals surface area contributed by atoms with Crippen LogP contribution in [-0.2, 0) is 0 Å². The molecule has 0 saturated heterocycles. The summed E-state index contributed by atoms with van der Waals surface area (Å²) in [5.41, 5.74) is 5.61. The van der Waals surface area contributed by atoms with Crippen molar-refractivity contribution < 1.29 is 0 Å². The summed E-state index contributed by atoms with van der Waals surface area (Å²) in [6.07, 6.45) is 7.70. The molecule has 1 atom stereocenters. The molecule has 0 spiro atoms. The minimum absolute atomic E-state index is 0.304. The van der Waals surface area contributed by atoms with Gasteiger partial charge in [0, 0.05) is 6.04 Å². The monoisotopic (exact) mass is 234 g/mol. The highest BCUT2D eigenvalue weighted by atomic mass is 15.2. The number of unbranched alkanes of at least 4 members (excludes halogenated alkanes) is 4.